The molecule has 3 atom stereocenters. The molecular weight excluding hydrogens is 435 g/mol. The first-order valence-electron chi connectivity index (χ1n) is 11.9. The highest BCUT2D eigenvalue weighted by molar-refractivity contribution is 5.91. The summed E-state index contributed by atoms with van der Waals surface area (Å²) in [5, 5.41) is 9.37. The first-order chi connectivity index (χ1) is 15.8. The standard InChI is InChI=1S/C25H34F3NO4/c1-2-32-24-20(9-8-16-30)21(18-10-12-19(13-11-18)25(26,27)28)17-22(33-24)23(31)29-14-6-4-3-5-7-15-29/h10-13,17,20-21,24,30H,2-9,14-16H2,1H3/t20-,21-,24-/m0/s1. The molecule has 0 radical (unpaired) electrons. The maximum Gasteiger partial charge on any atom is 0.416 e. The van der Waals surface area contributed by atoms with Gasteiger partial charge in [0.05, 0.1) is 5.56 Å². The molecule has 8 heteroatoms. The van der Waals surface area contributed by atoms with Gasteiger partial charge >= 0.3 is 6.18 Å². The van der Waals surface area contributed by atoms with E-state index in [4.69, 9.17) is 9.47 Å². The summed E-state index contributed by atoms with van der Waals surface area (Å²) in [4.78, 5) is 15.2. The number of halogens is 3. The molecule has 3 rings (SSSR count). The Labute approximate surface area is 193 Å². The monoisotopic (exact) mass is 469 g/mol. The number of aliphatic hydroxyl groups is 1. The molecule has 1 N–H and O–H groups in total. The summed E-state index contributed by atoms with van der Waals surface area (Å²) in [5.74, 6) is -0.603. The molecule has 0 saturated carbocycles. The summed E-state index contributed by atoms with van der Waals surface area (Å²) in [6.45, 7) is 3.51. The van der Waals surface area contributed by atoms with Crippen molar-refractivity contribution < 1.29 is 32.5 Å². The molecule has 2 aliphatic rings. The summed E-state index contributed by atoms with van der Waals surface area (Å²) < 4.78 is 51.1. The van der Waals surface area contributed by atoms with Crippen LogP contribution in [0.3, 0.4) is 0 Å². The summed E-state index contributed by atoms with van der Waals surface area (Å²) in [7, 11) is 0. The van der Waals surface area contributed by atoms with Crippen LogP contribution in [-0.4, -0.2) is 48.5 Å². The van der Waals surface area contributed by atoms with Gasteiger partial charge in [-0.3, -0.25) is 4.79 Å². The van der Waals surface area contributed by atoms with Crippen LogP contribution in [0.15, 0.2) is 36.1 Å². The van der Waals surface area contributed by atoms with Crippen molar-refractivity contribution in [2.24, 2.45) is 5.92 Å². The average molecular weight is 470 g/mol. The molecule has 2 aliphatic heterocycles. The van der Waals surface area contributed by atoms with E-state index < -0.39 is 18.0 Å². The van der Waals surface area contributed by atoms with Crippen LogP contribution < -0.4 is 0 Å². The van der Waals surface area contributed by atoms with E-state index in [1.54, 1.807) is 6.08 Å². The van der Waals surface area contributed by atoms with Crippen LogP contribution in [0.25, 0.3) is 0 Å². The SMILES string of the molecule is CCO[C@H]1OC(C(=O)N2CCCCCCC2)=C[C@@H](c2ccc(C(F)(F)F)cc2)[C@@H]1CCCO. The number of hydrogen-bond acceptors (Lipinski definition) is 4. The number of aliphatic hydroxyl groups excluding tert-OH is 1. The molecule has 33 heavy (non-hydrogen) atoms. The third-order valence-electron chi connectivity index (χ3n) is 6.39. The van der Waals surface area contributed by atoms with Crippen LogP contribution in [0.5, 0.6) is 0 Å². The Morgan fingerprint density at radius 3 is 2.33 bits per heavy atom. The minimum atomic E-state index is -4.42. The Balaban J connectivity index is 1.93. The van der Waals surface area contributed by atoms with E-state index in [1.807, 2.05) is 11.8 Å². The molecule has 1 aromatic carbocycles. The largest absolute Gasteiger partial charge is 0.459 e. The second-order valence-corrected chi connectivity index (χ2v) is 8.71. The van der Waals surface area contributed by atoms with E-state index in [9.17, 15) is 23.1 Å². The number of carbonyl (C=O) groups excluding carboxylic acids is 1. The lowest BCUT2D eigenvalue weighted by molar-refractivity contribution is -0.170. The quantitative estimate of drug-likeness (QED) is 0.593. The van der Waals surface area contributed by atoms with Gasteiger partial charge in [0.1, 0.15) is 0 Å². The Morgan fingerprint density at radius 2 is 1.76 bits per heavy atom. The molecular formula is C25H34F3NO4. The molecule has 0 aromatic heterocycles. The van der Waals surface area contributed by atoms with Crippen LogP contribution in [-0.2, 0) is 20.4 Å². The highest BCUT2D eigenvalue weighted by atomic mass is 19.4. The highest BCUT2D eigenvalue weighted by Crippen LogP contribution is 2.40. The summed E-state index contributed by atoms with van der Waals surface area (Å²) in [6, 6.07) is 5.05. The van der Waals surface area contributed by atoms with E-state index in [2.05, 4.69) is 0 Å². The average Bonchev–Trinajstić information content (AvgIpc) is 2.77. The second kappa shape index (κ2) is 11.9. The number of alkyl halides is 3. The normalized spacial score (nSPS) is 24.5. The van der Waals surface area contributed by atoms with Gasteiger partial charge in [0.2, 0.25) is 6.29 Å². The Morgan fingerprint density at radius 1 is 1.12 bits per heavy atom. The van der Waals surface area contributed by atoms with Gasteiger partial charge in [-0.2, -0.15) is 13.2 Å². The van der Waals surface area contributed by atoms with Gasteiger partial charge in [0.25, 0.3) is 5.91 Å². The lowest BCUT2D eigenvalue weighted by Gasteiger charge is -2.38. The Bertz CT molecular complexity index is 786. The lowest BCUT2D eigenvalue weighted by atomic mass is 9.80. The third-order valence-corrected chi connectivity index (χ3v) is 6.39. The zero-order valence-electron chi connectivity index (χ0n) is 19.2. The predicted octanol–water partition coefficient (Wildman–Crippen LogP) is 5.25. The van der Waals surface area contributed by atoms with E-state index in [1.165, 1.54) is 18.6 Å². The molecule has 1 amide bonds. The number of amides is 1. The van der Waals surface area contributed by atoms with Gasteiger partial charge in [-0.1, -0.05) is 31.4 Å². The maximum absolute atomic E-state index is 13.3. The fourth-order valence-electron chi connectivity index (χ4n) is 4.64. The van der Waals surface area contributed by atoms with Crippen molar-refractivity contribution in [2.45, 2.75) is 70.3 Å². The molecule has 2 heterocycles. The number of rotatable bonds is 7. The molecule has 184 valence electrons. The van der Waals surface area contributed by atoms with E-state index in [0.29, 0.717) is 38.1 Å². The maximum atomic E-state index is 13.3. The fraction of sp³-hybridized carbons (Fsp3) is 0.640. The van der Waals surface area contributed by atoms with Crippen molar-refractivity contribution in [3.05, 3.63) is 47.2 Å². The fourth-order valence-corrected chi connectivity index (χ4v) is 4.64. The first kappa shape index (κ1) is 25.6. The van der Waals surface area contributed by atoms with Crippen LogP contribution in [0.2, 0.25) is 0 Å². The van der Waals surface area contributed by atoms with Crippen LogP contribution >= 0.6 is 0 Å². The van der Waals surface area contributed by atoms with Crippen LogP contribution in [0.4, 0.5) is 13.2 Å². The number of carbonyl (C=O) groups is 1. The summed E-state index contributed by atoms with van der Waals surface area (Å²) in [6.07, 6.45) is 2.88. The number of allylic oxidation sites excluding steroid dienone is 1. The molecule has 1 aromatic rings. The molecule has 5 nitrogen and oxygen atoms in total. The zero-order valence-corrected chi connectivity index (χ0v) is 19.2. The van der Waals surface area contributed by atoms with E-state index in [-0.39, 0.29) is 30.1 Å². The lowest BCUT2D eigenvalue weighted by Crippen LogP contribution is -2.41. The smallest absolute Gasteiger partial charge is 0.416 e. The number of likely N-dealkylation sites (tertiary alicyclic amines) is 1. The van der Waals surface area contributed by atoms with E-state index in [0.717, 1.165) is 37.8 Å². The third kappa shape index (κ3) is 6.73. The highest BCUT2D eigenvalue weighted by Gasteiger charge is 2.39. The number of hydrogen-bond donors (Lipinski definition) is 1. The van der Waals surface area contributed by atoms with Crippen LogP contribution in [0, 0.1) is 5.92 Å². The Kier molecular flexibility index (Phi) is 9.20. The topological polar surface area (TPSA) is 59.0 Å². The van der Waals surface area contributed by atoms with E-state index >= 15 is 0 Å². The predicted molar refractivity (Wildman–Crippen MR) is 118 cm³/mol. The molecule has 0 aliphatic carbocycles. The Hall–Kier alpha value is -2.06. The van der Waals surface area contributed by atoms with Gasteiger partial charge < -0.3 is 19.5 Å². The zero-order chi connectivity index (χ0) is 23.8. The van der Waals surface area contributed by atoms with Crippen molar-refractivity contribution in [1.29, 1.82) is 0 Å². The summed E-state index contributed by atoms with van der Waals surface area (Å²) >= 11 is 0. The molecule has 0 spiro atoms. The van der Waals surface area contributed by atoms with Crippen molar-refractivity contribution in [3.8, 4) is 0 Å². The van der Waals surface area contributed by atoms with Gasteiger partial charge in [-0.15, -0.1) is 0 Å². The molecule has 1 fully saturated rings. The van der Waals surface area contributed by atoms with Crippen molar-refractivity contribution >= 4 is 5.91 Å². The van der Waals surface area contributed by atoms with Crippen molar-refractivity contribution in [1.82, 2.24) is 4.90 Å². The number of ether oxygens (including phenoxy) is 2. The van der Waals surface area contributed by atoms with Gasteiger partial charge in [0.15, 0.2) is 5.76 Å². The van der Waals surface area contributed by atoms with Crippen LogP contribution in [0.1, 0.15) is 68.9 Å². The first-order valence-corrected chi connectivity index (χ1v) is 11.9. The van der Waals surface area contributed by atoms with Crippen molar-refractivity contribution in [2.75, 3.05) is 26.3 Å². The van der Waals surface area contributed by atoms with Gasteiger partial charge in [-0.25, -0.2) is 0 Å². The van der Waals surface area contributed by atoms with Gasteiger partial charge in [0, 0.05) is 38.1 Å². The molecule has 0 unspecified atom stereocenters. The summed E-state index contributed by atoms with van der Waals surface area (Å²) in [5.41, 5.74) is -0.0515. The van der Waals surface area contributed by atoms with Crippen molar-refractivity contribution in [3.63, 3.8) is 0 Å². The van der Waals surface area contributed by atoms with Gasteiger partial charge in [-0.05, 0) is 56.4 Å². The number of nitrogens with zero attached hydrogens (tertiary/aromatic N) is 1. The second-order valence-electron chi connectivity index (χ2n) is 8.71. The molecule has 0 bridgehead atoms. The molecule has 1 saturated heterocycles. The number of benzene rings is 1. The minimum absolute atomic E-state index is 0.0155. The minimum Gasteiger partial charge on any atom is -0.459 e.